The van der Waals surface area contributed by atoms with E-state index in [1.807, 2.05) is 6.92 Å². The lowest BCUT2D eigenvalue weighted by molar-refractivity contribution is -0.385. The molecule has 0 unspecified atom stereocenters. The molecule has 0 spiro atoms. The van der Waals surface area contributed by atoms with Gasteiger partial charge in [0.15, 0.2) is 0 Å². The van der Waals surface area contributed by atoms with Crippen molar-refractivity contribution in [1.29, 1.82) is 0 Å². The van der Waals surface area contributed by atoms with Gasteiger partial charge in [-0.1, -0.05) is 18.2 Å². The molecule has 0 amide bonds. The van der Waals surface area contributed by atoms with Crippen LogP contribution in [0, 0.1) is 10.1 Å². The summed E-state index contributed by atoms with van der Waals surface area (Å²) in [4.78, 5) is 9.95. The van der Waals surface area contributed by atoms with E-state index in [1.165, 1.54) is 18.2 Å². The summed E-state index contributed by atoms with van der Waals surface area (Å²) >= 11 is 0. The molecule has 0 saturated carbocycles. The van der Waals surface area contributed by atoms with E-state index in [1.54, 1.807) is 24.3 Å². The largest absolute Gasteiger partial charge is 0.494 e. The summed E-state index contributed by atoms with van der Waals surface area (Å²) in [5.74, 6) is 0.652. The molecule has 0 atom stereocenters. The Bertz CT molecular complexity index is 805. The minimum absolute atomic E-state index is 0.0614. The highest BCUT2D eigenvalue weighted by Crippen LogP contribution is 2.18. The number of hydrogen-bond donors (Lipinski definition) is 1. The van der Waals surface area contributed by atoms with Crippen molar-refractivity contribution in [1.82, 2.24) is 4.72 Å². The lowest BCUT2D eigenvalue weighted by Gasteiger charge is -2.08. The Balaban J connectivity index is 2.14. The monoisotopic (exact) mass is 336 g/mol. The molecular formula is C15H16N2O5S. The fraction of sp³-hybridized carbons (Fsp3) is 0.200. The highest BCUT2D eigenvalue weighted by atomic mass is 32.2. The quantitative estimate of drug-likeness (QED) is 0.618. The van der Waals surface area contributed by atoms with Gasteiger partial charge < -0.3 is 4.74 Å². The van der Waals surface area contributed by atoms with Crippen molar-refractivity contribution in [3.05, 3.63) is 64.2 Å². The number of nitrogens with one attached hydrogen (secondary N) is 1. The normalized spacial score (nSPS) is 11.2. The van der Waals surface area contributed by atoms with E-state index in [4.69, 9.17) is 4.74 Å². The van der Waals surface area contributed by atoms with Crippen LogP contribution in [0.5, 0.6) is 5.75 Å². The maximum Gasteiger partial charge on any atom is 0.270 e. The maximum absolute atomic E-state index is 12.2. The average Bonchev–Trinajstić information content (AvgIpc) is 2.54. The highest BCUT2D eigenvalue weighted by molar-refractivity contribution is 7.89. The van der Waals surface area contributed by atoms with Crippen LogP contribution < -0.4 is 9.46 Å². The Morgan fingerprint density at radius 3 is 2.61 bits per heavy atom. The van der Waals surface area contributed by atoms with Crippen LogP contribution in [-0.2, 0) is 16.6 Å². The van der Waals surface area contributed by atoms with Crippen molar-refractivity contribution in [3.8, 4) is 5.75 Å². The molecule has 23 heavy (non-hydrogen) atoms. The molecule has 2 rings (SSSR count). The van der Waals surface area contributed by atoms with E-state index in [2.05, 4.69) is 4.72 Å². The molecule has 0 aliphatic heterocycles. The second-order valence-electron chi connectivity index (χ2n) is 4.66. The molecule has 0 fully saturated rings. The van der Waals surface area contributed by atoms with Gasteiger partial charge in [0.05, 0.1) is 16.4 Å². The molecule has 7 nitrogen and oxygen atoms in total. The summed E-state index contributed by atoms with van der Waals surface area (Å²) in [5.41, 5.74) is 0.455. The van der Waals surface area contributed by atoms with Gasteiger partial charge in [0, 0.05) is 18.7 Å². The van der Waals surface area contributed by atoms with E-state index in [9.17, 15) is 18.5 Å². The molecule has 0 bridgehead atoms. The minimum atomic E-state index is -3.83. The average molecular weight is 336 g/mol. The van der Waals surface area contributed by atoms with Crippen molar-refractivity contribution >= 4 is 15.7 Å². The Kier molecular flexibility index (Phi) is 5.30. The van der Waals surface area contributed by atoms with Crippen molar-refractivity contribution in [2.24, 2.45) is 0 Å². The third-order valence-corrected chi connectivity index (χ3v) is 4.41. The number of nitro groups is 1. The Labute approximate surface area is 134 Å². The number of benzene rings is 2. The van der Waals surface area contributed by atoms with E-state index in [-0.39, 0.29) is 17.1 Å². The van der Waals surface area contributed by atoms with Gasteiger partial charge in [-0.05, 0) is 30.7 Å². The van der Waals surface area contributed by atoms with Gasteiger partial charge in [0.25, 0.3) is 5.69 Å². The standard InChI is InChI=1S/C15H16N2O5S/c1-2-22-14-7-3-5-12(9-14)11-16-23(20,21)15-8-4-6-13(10-15)17(18)19/h3-10,16H,2,11H2,1H3. The number of non-ortho nitro benzene ring substituents is 1. The molecule has 8 heteroatoms. The van der Waals surface area contributed by atoms with Gasteiger partial charge in [0.1, 0.15) is 5.75 Å². The molecule has 0 aromatic heterocycles. The number of ether oxygens (including phenoxy) is 1. The number of nitrogens with zero attached hydrogens (tertiary/aromatic N) is 1. The third kappa shape index (κ3) is 4.51. The van der Waals surface area contributed by atoms with Gasteiger partial charge in [-0.3, -0.25) is 10.1 Å². The van der Waals surface area contributed by atoms with E-state index < -0.39 is 14.9 Å². The van der Waals surface area contributed by atoms with Gasteiger partial charge in [-0.15, -0.1) is 0 Å². The molecule has 0 saturated heterocycles. The summed E-state index contributed by atoms with van der Waals surface area (Å²) in [5, 5.41) is 10.7. The van der Waals surface area contributed by atoms with Gasteiger partial charge in [-0.2, -0.15) is 0 Å². The van der Waals surface area contributed by atoms with Gasteiger partial charge in [-0.25, -0.2) is 13.1 Å². The second kappa shape index (κ2) is 7.21. The van der Waals surface area contributed by atoms with Gasteiger partial charge >= 0.3 is 0 Å². The smallest absolute Gasteiger partial charge is 0.270 e. The third-order valence-electron chi connectivity index (χ3n) is 3.01. The number of sulfonamides is 1. The Morgan fingerprint density at radius 2 is 1.91 bits per heavy atom. The van der Waals surface area contributed by atoms with E-state index in [0.29, 0.717) is 12.4 Å². The van der Waals surface area contributed by atoms with Crippen LogP contribution >= 0.6 is 0 Å². The maximum atomic E-state index is 12.2. The Hall–Kier alpha value is -2.45. The topological polar surface area (TPSA) is 98.5 Å². The summed E-state index contributed by atoms with van der Waals surface area (Å²) in [6.07, 6.45) is 0. The van der Waals surface area contributed by atoms with Crippen molar-refractivity contribution < 1.29 is 18.1 Å². The summed E-state index contributed by atoms with van der Waals surface area (Å²) in [7, 11) is -3.83. The second-order valence-corrected chi connectivity index (χ2v) is 6.43. The first kappa shape index (κ1) is 16.9. The predicted molar refractivity (Wildman–Crippen MR) is 84.7 cm³/mol. The van der Waals surface area contributed by atoms with Crippen LogP contribution in [-0.4, -0.2) is 19.9 Å². The SMILES string of the molecule is CCOc1cccc(CNS(=O)(=O)c2cccc([N+](=O)[O-])c2)c1. The molecular weight excluding hydrogens is 320 g/mol. The number of rotatable bonds is 7. The molecule has 0 heterocycles. The van der Waals surface area contributed by atoms with E-state index in [0.717, 1.165) is 11.6 Å². The van der Waals surface area contributed by atoms with Crippen LogP contribution in [0.4, 0.5) is 5.69 Å². The minimum Gasteiger partial charge on any atom is -0.494 e. The lowest BCUT2D eigenvalue weighted by Crippen LogP contribution is -2.23. The zero-order valence-electron chi connectivity index (χ0n) is 12.4. The van der Waals surface area contributed by atoms with Crippen molar-refractivity contribution in [2.45, 2.75) is 18.4 Å². The zero-order chi connectivity index (χ0) is 16.9. The molecule has 122 valence electrons. The van der Waals surface area contributed by atoms with Crippen LogP contribution in [0.2, 0.25) is 0 Å². The summed E-state index contributed by atoms with van der Waals surface area (Å²) in [6, 6.07) is 12.0. The van der Waals surface area contributed by atoms with Gasteiger partial charge in [0.2, 0.25) is 10.0 Å². The van der Waals surface area contributed by atoms with Crippen molar-refractivity contribution in [2.75, 3.05) is 6.61 Å². The molecule has 0 aliphatic rings. The van der Waals surface area contributed by atoms with Crippen LogP contribution in [0.3, 0.4) is 0 Å². The first-order valence-electron chi connectivity index (χ1n) is 6.88. The number of nitro benzene ring substituents is 1. The molecule has 0 radical (unpaired) electrons. The first-order chi connectivity index (χ1) is 10.9. The molecule has 1 N–H and O–H groups in total. The molecule has 0 aliphatic carbocycles. The summed E-state index contributed by atoms with van der Waals surface area (Å²) in [6.45, 7) is 2.44. The lowest BCUT2D eigenvalue weighted by atomic mass is 10.2. The van der Waals surface area contributed by atoms with Crippen LogP contribution in [0.15, 0.2) is 53.4 Å². The highest BCUT2D eigenvalue weighted by Gasteiger charge is 2.17. The molecule has 2 aromatic rings. The number of hydrogen-bond acceptors (Lipinski definition) is 5. The zero-order valence-corrected chi connectivity index (χ0v) is 13.2. The van der Waals surface area contributed by atoms with Crippen LogP contribution in [0.1, 0.15) is 12.5 Å². The van der Waals surface area contributed by atoms with E-state index >= 15 is 0 Å². The molecule has 2 aromatic carbocycles. The Morgan fingerprint density at radius 1 is 1.17 bits per heavy atom. The van der Waals surface area contributed by atoms with Crippen LogP contribution in [0.25, 0.3) is 0 Å². The fourth-order valence-electron chi connectivity index (χ4n) is 1.94. The summed E-state index contributed by atoms with van der Waals surface area (Å²) < 4.78 is 32.2. The predicted octanol–water partition coefficient (Wildman–Crippen LogP) is 2.47. The van der Waals surface area contributed by atoms with Crippen molar-refractivity contribution in [3.63, 3.8) is 0 Å². The first-order valence-corrected chi connectivity index (χ1v) is 8.36. The fourth-order valence-corrected chi connectivity index (χ4v) is 2.99.